The normalized spacial score (nSPS) is 11.4. The Bertz CT molecular complexity index is 421. The fourth-order valence-electron chi connectivity index (χ4n) is 1.17. The minimum absolute atomic E-state index is 0.279. The summed E-state index contributed by atoms with van der Waals surface area (Å²) in [5.74, 6) is -0.915. The zero-order valence-electron chi connectivity index (χ0n) is 9.69. The molecule has 0 fully saturated rings. The summed E-state index contributed by atoms with van der Waals surface area (Å²) in [6.45, 7) is 1.57. The molecule has 1 N–H and O–H groups in total. The Morgan fingerprint density at radius 2 is 2.19 bits per heavy atom. The fraction of sp³-hybridized carbons (Fsp3) is 0.333. The minimum atomic E-state index is -0.636. The SMILES string of the molecule is CC(C#N)C(=O)Nc1cccc(N(C)C)c1. The van der Waals surface area contributed by atoms with Crippen LogP contribution in [-0.4, -0.2) is 20.0 Å². The topological polar surface area (TPSA) is 56.1 Å². The number of amides is 1. The number of carbonyl (C=O) groups is 1. The predicted octanol–water partition coefficient (Wildman–Crippen LogP) is 1.85. The molecule has 0 aromatic heterocycles. The third kappa shape index (κ3) is 2.99. The third-order valence-corrected chi connectivity index (χ3v) is 2.22. The van der Waals surface area contributed by atoms with Gasteiger partial charge >= 0.3 is 0 Å². The molecule has 1 aromatic carbocycles. The van der Waals surface area contributed by atoms with Crippen molar-refractivity contribution in [2.45, 2.75) is 6.92 Å². The van der Waals surface area contributed by atoms with Crippen LogP contribution in [0.2, 0.25) is 0 Å². The smallest absolute Gasteiger partial charge is 0.241 e. The van der Waals surface area contributed by atoms with Gasteiger partial charge in [0.05, 0.1) is 6.07 Å². The summed E-state index contributed by atoms with van der Waals surface area (Å²) in [4.78, 5) is 13.4. The quantitative estimate of drug-likeness (QED) is 0.840. The number of hydrogen-bond donors (Lipinski definition) is 1. The van der Waals surface area contributed by atoms with Gasteiger partial charge in [0.1, 0.15) is 5.92 Å². The van der Waals surface area contributed by atoms with Crippen LogP contribution in [0.4, 0.5) is 11.4 Å². The maximum absolute atomic E-state index is 11.5. The molecule has 0 saturated carbocycles. The average Bonchev–Trinajstić information content (AvgIpc) is 2.28. The molecule has 4 nitrogen and oxygen atoms in total. The van der Waals surface area contributed by atoms with E-state index in [4.69, 9.17) is 5.26 Å². The summed E-state index contributed by atoms with van der Waals surface area (Å²) in [6, 6.07) is 9.37. The van der Waals surface area contributed by atoms with Gasteiger partial charge in [-0.25, -0.2) is 0 Å². The molecule has 0 spiro atoms. The van der Waals surface area contributed by atoms with Crippen molar-refractivity contribution in [3.8, 4) is 6.07 Å². The van der Waals surface area contributed by atoms with Gasteiger partial charge in [-0.2, -0.15) is 5.26 Å². The van der Waals surface area contributed by atoms with E-state index in [2.05, 4.69) is 5.32 Å². The fourth-order valence-corrected chi connectivity index (χ4v) is 1.17. The number of nitriles is 1. The van der Waals surface area contributed by atoms with Gasteiger partial charge < -0.3 is 10.2 Å². The number of nitrogens with one attached hydrogen (secondary N) is 1. The maximum atomic E-state index is 11.5. The molecular weight excluding hydrogens is 202 g/mol. The number of nitrogens with zero attached hydrogens (tertiary/aromatic N) is 2. The predicted molar refractivity (Wildman–Crippen MR) is 64.2 cm³/mol. The van der Waals surface area contributed by atoms with E-state index in [9.17, 15) is 4.79 Å². The van der Waals surface area contributed by atoms with E-state index in [1.165, 1.54) is 0 Å². The van der Waals surface area contributed by atoms with Crippen molar-refractivity contribution < 1.29 is 4.79 Å². The molecule has 0 saturated heterocycles. The first kappa shape index (κ1) is 12.1. The van der Waals surface area contributed by atoms with Crippen LogP contribution in [0.3, 0.4) is 0 Å². The molecule has 1 atom stereocenters. The lowest BCUT2D eigenvalue weighted by molar-refractivity contribution is -0.117. The zero-order chi connectivity index (χ0) is 12.1. The first-order valence-corrected chi connectivity index (χ1v) is 5.02. The van der Waals surface area contributed by atoms with Crippen LogP contribution in [0.1, 0.15) is 6.92 Å². The van der Waals surface area contributed by atoms with E-state index in [-0.39, 0.29) is 5.91 Å². The number of benzene rings is 1. The molecular formula is C12H15N3O. The molecule has 0 aliphatic carbocycles. The number of carbonyl (C=O) groups excluding carboxylic acids is 1. The first-order chi connectivity index (χ1) is 7.54. The van der Waals surface area contributed by atoms with E-state index >= 15 is 0 Å². The third-order valence-electron chi connectivity index (χ3n) is 2.22. The summed E-state index contributed by atoms with van der Waals surface area (Å²) < 4.78 is 0. The Morgan fingerprint density at radius 3 is 2.75 bits per heavy atom. The summed E-state index contributed by atoms with van der Waals surface area (Å²) in [5.41, 5.74) is 1.71. The van der Waals surface area contributed by atoms with E-state index in [0.717, 1.165) is 5.69 Å². The Kier molecular flexibility index (Phi) is 3.90. The molecule has 84 valence electrons. The van der Waals surface area contributed by atoms with Crippen molar-refractivity contribution >= 4 is 17.3 Å². The Balaban J connectivity index is 2.79. The second-order valence-corrected chi connectivity index (χ2v) is 3.78. The number of anilines is 2. The van der Waals surface area contributed by atoms with E-state index in [0.29, 0.717) is 5.69 Å². The highest BCUT2D eigenvalue weighted by molar-refractivity contribution is 5.94. The van der Waals surface area contributed by atoms with Crippen molar-refractivity contribution in [3.05, 3.63) is 24.3 Å². The second kappa shape index (κ2) is 5.17. The van der Waals surface area contributed by atoms with Crippen molar-refractivity contribution in [3.63, 3.8) is 0 Å². The summed E-state index contributed by atoms with van der Waals surface area (Å²) in [5, 5.41) is 11.3. The summed E-state index contributed by atoms with van der Waals surface area (Å²) >= 11 is 0. The van der Waals surface area contributed by atoms with Crippen molar-refractivity contribution in [2.24, 2.45) is 5.92 Å². The monoisotopic (exact) mass is 217 g/mol. The summed E-state index contributed by atoms with van der Waals surface area (Å²) in [6.07, 6.45) is 0. The van der Waals surface area contributed by atoms with Gasteiger partial charge in [0.15, 0.2) is 0 Å². The lowest BCUT2D eigenvalue weighted by atomic mass is 10.2. The van der Waals surface area contributed by atoms with Crippen molar-refractivity contribution in [2.75, 3.05) is 24.3 Å². The van der Waals surface area contributed by atoms with Gasteiger partial charge in [-0.05, 0) is 25.1 Å². The number of rotatable bonds is 3. The van der Waals surface area contributed by atoms with Crippen LogP contribution < -0.4 is 10.2 Å². The highest BCUT2D eigenvalue weighted by Crippen LogP contribution is 2.17. The van der Waals surface area contributed by atoms with Crippen LogP contribution >= 0.6 is 0 Å². The lowest BCUT2D eigenvalue weighted by Gasteiger charge is -2.14. The minimum Gasteiger partial charge on any atom is -0.378 e. The van der Waals surface area contributed by atoms with Crippen molar-refractivity contribution in [1.82, 2.24) is 0 Å². The first-order valence-electron chi connectivity index (χ1n) is 5.02. The Labute approximate surface area is 95.5 Å². The molecule has 0 aliphatic heterocycles. The zero-order valence-corrected chi connectivity index (χ0v) is 9.69. The van der Waals surface area contributed by atoms with Crippen LogP contribution in [0.25, 0.3) is 0 Å². The second-order valence-electron chi connectivity index (χ2n) is 3.78. The van der Waals surface area contributed by atoms with Crippen molar-refractivity contribution in [1.29, 1.82) is 5.26 Å². The van der Waals surface area contributed by atoms with E-state index < -0.39 is 5.92 Å². The number of hydrogen-bond acceptors (Lipinski definition) is 3. The molecule has 0 aliphatic rings. The molecule has 1 rings (SSSR count). The molecule has 1 aromatic rings. The summed E-state index contributed by atoms with van der Waals surface area (Å²) in [7, 11) is 3.86. The van der Waals surface area contributed by atoms with Gasteiger partial charge in [0.2, 0.25) is 5.91 Å². The van der Waals surface area contributed by atoms with Gasteiger partial charge in [-0.1, -0.05) is 6.07 Å². The van der Waals surface area contributed by atoms with Crippen LogP contribution in [0, 0.1) is 17.2 Å². The molecule has 4 heteroatoms. The van der Waals surface area contributed by atoms with E-state index in [1.807, 2.05) is 43.3 Å². The van der Waals surface area contributed by atoms with Gasteiger partial charge in [-0.15, -0.1) is 0 Å². The maximum Gasteiger partial charge on any atom is 0.241 e. The van der Waals surface area contributed by atoms with E-state index in [1.54, 1.807) is 13.0 Å². The molecule has 16 heavy (non-hydrogen) atoms. The molecule has 0 bridgehead atoms. The average molecular weight is 217 g/mol. The molecule has 1 unspecified atom stereocenters. The highest BCUT2D eigenvalue weighted by Gasteiger charge is 2.11. The highest BCUT2D eigenvalue weighted by atomic mass is 16.1. The van der Waals surface area contributed by atoms with Gasteiger partial charge in [0, 0.05) is 25.5 Å². The van der Waals surface area contributed by atoms with Gasteiger partial charge in [0.25, 0.3) is 0 Å². The molecule has 0 heterocycles. The van der Waals surface area contributed by atoms with Crippen LogP contribution in [0.15, 0.2) is 24.3 Å². The Hall–Kier alpha value is -2.02. The lowest BCUT2D eigenvalue weighted by Crippen LogP contribution is -2.19. The molecule has 1 amide bonds. The van der Waals surface area contributed by atoms with Gasteiger partial charge in [-0.3, -0.25) is 4.79 Å². The van der Waals surface area contributed by atoms with Crippen LogP contribution in [0.5, 0.6) is 0 Å². The Morgan fingerprint density at radius 1 is 1.50 bits per heavy atom. The largest absolute Gasteiger partial charge is 0.378 e. The molecule has 0 radical (unpaired) electrons. The van der Waals surface area contributed by atoms with Crippen LogP contribution in [-0.2, 0) is 4.79 Å². The standard InChI is InChI=1S/C12H15N3O/c1-9(8-13)12(16)14-10-5-4-6-11(7-10)15(2)3/h4-7,9H,1-3H3,(H,14,16).